The third-order valence-electron chi connectivity index (χ3n) is 5.87. The first-order valence-electron chi connectivity index (χ1n) is 10.6. The van der Waals surface area contributed by atoms with Gasteiger partial charge >= 0.3 is 0 Å². The second kappa shape index (κ2) is 8.75. The van der Waals surface area contributed by atoms with E-state index in [1.165, 1.54) is 6.33 Å². The van der Waals surface area contributed by atoms with Crippen LogP contribution in [0.25, 0.3) is 16.5 Å². The fourth-order valence-corrected chi connectivity index (χ4v) is 4.73. The van der Waals surface area contributed by atoms with Crippen LogP contribution >= 0.6 is 11.3 Å². The second-order valence-electron chi connectivity index (χ2n) is 7.88. The van der Waals surface area contributed by atoms with Crippen LogP contribution < -0.4 is 0 Å². The molecule has 5 heterocycles. The molecule has 0 aromatic carbocycles. The zero-order valence-corrected chi connectivity index (χ0v) is 18.9. The number of carbonyl (C=O) groups excluding carboxylic acids is 1. The molecule has 0 atom stereocenters. The number of hydrogen-bond acceptors (Lipinski definition) is 9. The molecule has 11 heteroatoms. The number of rotatable bonds is 6. The molecule has 1 saturated heterocycles. The van der Waals surface area contributed by atoms with E-state index >= 15 is 0 Å². The number of fused-ring (bicyclic) bond motifs is 1. The van der Waals surface area contributed by atoms with Crippen molar-refractivity contribution in [3.8, 4) is 10.7 Å². The van der Waals surface area contributed by atoms with Crippen LogP contribution in [0.5, 0.6) is 0 Å². The van der Waals surface area contributed by atoms with Gasteiger partial charge in [-0.25, -0.2) is 9.50 Å². The summed E-state index contributed by atoms with van der Waals surface area (Å²) in [5.74, 6) is 2.00. The summed E-state index contributed by atoms with van der Waals surface area (Å²) < 4.78 is 7.14. The molecule has 1 aliphatic heterocycles. The first kappa shape index (κ1) is 20.7. The third-order valence-corrected chi connectivity index (χ3v) is 6.74. The number of aryl methyl sites for hydroxylation is 2. The topological polar surface area (TPSA) is 106 Å². The minimum absolute atomic E-state index is 0.167. The highest BCUT2D eigenvalue weighted by Crippen LogP contribution is 2.22. The van der Waals surface area contributed by atoms with Crippen LogP contribution in [0.2, 0.25) is 0 Å². The van der Waals surface area contributed by atoms with Gasteiger partial charge in [0.1, 0.15) is 6.33 Å². The Balaban J connectivity index is 1.13. The summed E-state index contributed by atoms with van der Waals surface area (Å²) in [5.41, 5.74) is 2.96. The van der Waals surface area contributed by atoms with Crippen molar-refractivity contribution < 1.29 is 9.32 Å². The average Bonchev–Trinajstić information content (AvgIpc) is 3.55. The lowest BCUT2D eigenvalue weighted by atomic mass is 10.1. The van der Waals surface area contributed by atoms with E-state index in [1.54, 1.807) is 15.9 Å². The summed E-state index contributed by atoms with van der Waals surface area (Å²) in [6.45, 7) is 7.52. The zero-order valence-electron chi connectivity index (χ0n) is 18.1. The monoisotopic (exact) mass is 452 g/mol. The Morgan fingerprint density at radius 1 is 1.19 bits per heavy atom. The normalized spacial score (nSPS) is 15.0. The van der Waals surface area contributed by atoms with Crippen molar-refractivity contribution in [1.29, 1.82) is 0 Å². The second-order valence-corrected chi connectivity index (χ2v) is 8.83. The zero-order chi connectivity index (χ0) is 22.1. The maximum atomic E-state index is 12.8. The molecule has 0 N–H and O–H groups in total. The van der Waals surface area contributed by atoms with Gasteiger partial charge in [0.15, 0.2) is 0 Å². The van der Waals surface area contributed by atoms with Crippen molar-refractivity contribution in [3.63, 3.8) is 0 Å². The van der Waals surface area contributed by atoms with Gasteiger partial charge in [-0.2, -0.15) is 15.1 Å². The molecule has 4 aromatic heterocycles. The van der Waals surface area contributed by atoms with Gasteiger partial charge in [-0.05, 0) is 37.3 Å². The van der Waals surface area contributed by atoms with E-state index in [4.69, 9.17) is 4.52 Å². The third kappa shape index (κ3) is 4.13. The molecule has 1 amide bonds. The van der Waals surface area contributed by atoms with Crippen LogP contribution in [-0.2, 0) is 17.8 Å². The summed E-state index contributed by atoms with van der Waals surface area (Å²) in [4.78, 5) is 31.1. The van der Waals surface area contributed by atoms with Gasteiger partial charge < -0.3 is 9.42 Å². The molecular formula is C21H24N8O2S. The van der Waals surface area contributed by atoms with E-state index in [0.29, 0.717) is 50.0 Å². The van der Waals surface area contributed by atoms with Gasteiger partial charge in [0, 0.05) is 44.0 Å². The lowest BCUT2D eigenvalue weighted by Crippen LogP contribution is -2.48. The van der Waals surface area contributed by atoms with Gasteiger partial charge in [-0.15, -0.1) is 11.3 Å². The molecular weight excluding hydrogens is 428 g/mol. The van der Waals surface area contributed by atoms with E-state index in [2.05, 4.69) is 30.1 Å². The fourth-order valence-electron chi connectivity index (χ4n) is 4.08. The molecule has 1 fully saturated rings. The van der Waals surface area contributed by atoms with Gasteiger partial charge in [0.2, 0.25) is 17.6 Å². The summed E-state index contributed by atoms with van der Waals surface area (Å²) in [5, 5.41) is 10.3. The smallest absolute Gasteiger partial charge is 0.252 e. The number of amides is 1. The van der Waals surface area contributed by atoms with Gasteiger partial charge in [-0.3, -0.25) is 9.69 Å². The molecule has 1 aliphatic rings. The maximum Gasteiger partial charge on any atom is 0.252 e. The highest BCUT2D eigenvalue weighted by Gasteiger charge is 2.23. The van der Waals surface area contributed by atoms with Crippen molar-refractivity contribution >= 4 is 23.0 Å². The Hall–Kier alpha value is -3.18. The van der Waals surface area contributed by atoms with Gasteiger partial charge in [0.25, 0.3) is 5.78 Å². The van der Waals surface area contributed by atoms with E-state index in [1.807, 2.05) is 36.3 Å². The highest BCUT2D eigenvalue weighted by atomic mass is 32.1. The minimum Gasteiger partial charge on any atom is -0.340 e. The largest absolute Gasteiger partial charge is 0.340 e. The lowest BCUT2D eigenvalue weighted by molar-refractivity contribution is -0.133. The predicted octanol–water partition coefficient (Wildman–Crippen LogP) is 2.13. The van der Waals surface area contributed by atoms with E-state index in [0.717, 1.165) is 34.9 Å². The minimum atomic E-state index is 0.167. The van der Waals surface area contributed by atoms with Crippen molar-refractivity contribution in [3.05, 3.63) is 46.7 Å². The standard InChI is InChI=1S/C21H24N8O2S/c1-14-16(15(2)29-21(24-14)22-13-23-29)5-6-19(30)28-9-7-27(8-10-28)12-18-25-20(26-31-18)17-4-3-11-32-17/h3-4,11,13H,5-10,12H2,1-2H3. The molecule has 0 radical (unpaired) electrons. The number of carbonyl (C=O) groups is 1. The van der Waals surface area contributed by atoms with Crippen molar-refractivity contribution in [1.82, 2.24) is 39.5 Å². The molecule has 4 aromatic rings. The van der Waals surface area contributed by atoms with Crippen LogP contribution in [0, 0.1) is 13.8 Å². The van der Waals surface area contributed by atoms with Crippen LogP contribution in [0.3, 0.4) is 0 Å². The molecule has 32 heavy (non-hydrogen) atoms. The Morgan fingerprint density at radius 2 is 2.03 bits per heavy atom. The number of thiophene rings is 1. The number of aromatic nitrogens is 6. The molecule has 166 valence electrons. The fraction of sp³-hybridized carbons (Fsp3) is 0.429. The summed E-state index contributed by atoms with van der Waals surface area (Å²) in [6.07, 6.45) is 2.60. The van der Waals surface area contributed by atoms with Crippen molar-refractivity contribution in [2.24, 2.45) is 0 Å². The average molecular weight is 453 g/mol. The SMILES string of the molecule is Cc1nc2ncnn2c(C)c1CCC(=O)N1CCN(Cc2nc(-c3cccs3)no2)CC1. The Morgan fingerprint density at radius 3 is 2.81 bits per heavy atom. The molecule has 0 unspecified atom stereocenters. The number of hydrogen-bond donors (Lipinski definition) is 0. The molecule has 0 aliphatic carbocycles. The van der Waals surface area contributed by atoms with Crippen LogP contribution in [0.15, 0.2) is 28.4 Å². The molecule has 0 bridgehead atoms. The Kier molecular flexibility index (Phi) is 5.66. The summed E-state index contributed by atoms with van der Waals surface area (Å²) >= 11 is 1.59. The predicted molar refractivity (Wildman–Crippen MR) is 118 cm³/mol. The first-order chi connectivity index (χ1) is 15.6. The summed E-state index contributed by atoms with van der Waals surface area (Å²) in [7, 11) is 0. The van der Waals surface area contributed by atoms with E-state index in [9.17, 15) is 4.79 Å². The van der Waals surface area contributed by atoms with Crippen LogP contribution in [0.1, 0.15) is 29.3 Å². The summed E-state index contributed by atoms with van der Waals surface area (Å²) in [6, 6.07) is 3.95. The van der Waals surface area contributed by atoms with Crippen LogP contribution in [-0.4, -0.2) is 71.6 Å². The van der Waals surface area contributed by atoms with Crippen LogP contribution in [0.4, 0.5) is 0 Å². The van der Waals surface area contributed by atoms with Gasteiger partial charge in [-0.1, -0.05) is 11.2 Å². The first-order valence-corrected chi connectivity index (χ1v) is 11.5. The molecule has 0 saturated carbocycles. The quantitative estimate of drug-likeness (QED) is 0.438. The molecule has 0 spiro atoms. The highest BCUT2D eigenvalue weighted by molar-refractivity contribution is 7.13. The maximum absolute atomic E-state index is 12.8. The van der Waals surface area contributed by atoms with E-state index in [-0.39, 0.29) is 5.91 Å². The van der Waals surface area contributed by atoms with Crippen molar-refractivity contribution in [2.75, 3.05) is 26.2 Å². The Bertz CT molecular complexity index is 1220. The Labute approximate surface area is 188 Å². The number of nitrogens with zero attached hydrogens (tertiary/aromatic N) is 8. The number of piperazine rings is 1. The van der Waals surface area contributed by atoms with E-state index < -0.39 is 0 Å². The lowest BCUT2D eigenvalue weighted by Gasteiger charge is -2.34. The van der Waals surface area contributed by atoms with Gasteiger partial charge in [0.05, 0.1) is 11.4 Å². The van der Waals surface area contributed by atoms with Crippen molar-refractivity contribution in [2.45, 2.75) is 33.2 Å². The molecule has 10 nitrogen and oxygen atoms in total. The molecule has 5 rings (SSSR count).